The van der Waals surface area contributed by atoms with Gasteiger partial charge in [0.1, 0.15) is 0 Å². The second-order valence-corrected chi connectivity index (χ2v) is 6.18. The van der Waals surface area contributed by atoms with Gasteiger partial charge >= 0.3 is 0 Å². The fraction of sp³-hybridized carbons (Fsp3) is 0.500. The topological polar surface area (TPSA) is 0 Å². The summed E-state index contributed by atoms with van der Waals surface area (Å²) in [4.78, 5) is 0. The maximum atomic E-state index is 6.08. The van der Waals surface area contributed by atoms with Gasteiger partial charge in [0.2, 0.25) is 0 Å². The summed E-state index contributed by atoms with van der Waals surface area (Å²) in [6, 6.07) is 8.06. The summed E-state index contributed by atoms with van der Waals surface area (Å²) in [6.07, 6.45) is 3.29. The fourth-order valence-electron chi connectivity index (χ4n) is 1.27. The van der Waals surface area contributed by atoms with Crippen LogP contribution >= 0.6 is 27.5 Å². The van der Waals surface area contributed by atoms with E-state index in [0.29, 0.717) is 0 Å². The van der Waals surface area contributed by atoms with E-state index >= 15 is 0 Å². The highest BCUT2D eigenvalue weighted by atomic mass is 79.9. The van der Waals surface area contributed by atoms with Gasteiger partial charge < -0.3 is 0 Å². The van der Waals surface area contributed by atoms with Crippen molar-refractivity contribution in [1.82, 2.24) is 0 Å². The summed E-state index contributed by atoms with van der Waals surface area (Å²) in [7, 11) is 0. The number of benzene rings is 1. The van der Waals surface area contributed by atoms with Gasteiger partial charge in [-0.1, -0.05) is 52.7 Å². The van der Waals surface area contributed by atoms with E-state index in [1.807, 2.05) is 18.2 Å². The van der Waals surface area contributed by atoms with Crippen molar-refractivity contribution in [3.8, 4) is 0 Å². The minimum Gasteiger partial charge on any atom is -0.0856 e. The van der Waals surface area contributed by atoms with Gasteiger partial charge in [-0.15, -0.1) is 0 Å². The van der Waals surface area contributed by atoms with Crippen LogP contribution in [-0.2, 0) is 6.42 Å². The molecule has 0 spiro atoms. The van der Waals surface area contributed by atoms with E-state index in [1.165, 1.54) is 5.56 Å². The molecular formula is C12H16BrCl. The summed E-state index contributed by atoms with van der Waals surface area (Å²) in [5.74, 6) is 0. The van der Waals surface area contributed by atoms with Gasteiger partial charge in [0.15, 0.2) is 0 Å². The predicted molar refractivity (Wildman–Crippen MR) is 67.4 cm³/mol. The third kappa shape index (κ3) is 3.62. The molecule has 0 aliphatic carbocycles. The van der Waals surface area contributed by atoms with Crippen LogP contribution < -0.4 is 0 Å². The Kier molecular flexibility index (Phi) is 4.46. The minimum absolute atomic E-state index is 0.242. The van der Waals surface area contributed by atoms with Gasteiger partial charge in [-0.2, -0.15) is 0 Å². The number of alkyl halides is 1. The van der Waals surface area contributed by atoms with E-state index in [2.05, 4.69) is 35.8 Å². The first-order chi connectivity index (χ1) is 6.55. The number of hydrogen-bond acceptors (Lipinski definition) is 0. The first-order valence-electron chi connectivity index (χ1n) is 4.97. The lowest BCUT2D eigenvalue weighted by atomic mass is 9.99. The van der Waals surface area contributed by atoms with Crippen molar-refractivity contribution in [2.45, 2.75) is 37.4 Å². The van der Waals surface area contributed by atoms with Crippen molar-refractivity contribution >= 4 is 27.5 Å². The Morgan fingerprint density at radius 2 is 2.00 bits per heavy atom. The molecule has 0 saturated heterocycles. The van der Waals surface area contributed by atoms with Crippen LogP contribution in [0.15, 0.2) is 24.3 Å². The van der Waals surface area contributed by atoms with Crippen molar-refractivity contribution in [3.63, 3.8) is 0 Å². The van der Waals surface area contributed by atoms with Gasteiger partial charge in [0.25, 0.3) is 0 Å². The molecule has 0 N–H and O–H groups in total. The first-order valence-corrected chi connectivity index (χ1v) is 6.14. The molecule has 1 atom stereocenters. The summed E-state index contributed by atoms with van der Waals surface area (Å²) in [5.41, 5.74) is 1.24. The molecule has 1 rings (SSSR count). The monoisotopic (exact) mass is 274 g/mol. The second kappa shape index (κ2) is 5.18. The minimum atomic E-state index is 0.242. The third-order valence-electron chi connectivity index (χ3n) is 2.61. The average molecular weight is 276 g/mol. The Labute approximate surface area is 99.8 Å². The van der Waals surface area contributed by atoms with E-state index < -0.39 is 0 Å². The zero-order valence-electron chi connectivity index (χ0n) is 8.69. The molecular weight excluding hydrogens is 259 g/mol. The molecule has 0 fully saturated rings. The van der Waals surface area contributed by atoms with Crippen molar-refractivity contribution < 1.29 is 0 Å². The highest BCUT2D eigenvalue weighted by Gasteiger charge is 2.17. The normalized spacial score (nSPS) is 15.1. The Bertz CT molecular complexity index is 294. The maximum Gasteiger partial charge on any atom is 0.0437 e. The lowest BCUT2D eigenvalue weighted by Gasteiger charge is -2.20. The molecule has 0 nitrogen and oxygen atoms in total. The van der Waals surface area contributed by atoms with Crippen LogP contribution in [-0.4, -0.2) is 4.32 Å². The van der Waals surface area contributed by atoms with E-state index in [0.717, 1.165) is 24.3 Å². The van der Waals surface area contributed by atoms with Crippen LogP contribution in [0.4, 0.5) is 0 Å². The number of halogens is 2. The molecule has 1 aromatic rings. The van der Waals surface area contributed by atoms with Gasteiger partial charge in [0, 0.05) is 9.35 Å². The molecule has 0 aliphatic rings. The molecule has 78 valence electrons. The summed E-state index contributed by atoms with van der Waals surface area (Å²) >= 11 is 9.80. The molecule has 2 heteroatoms. The standard InChI is InChI=1S/C12H16BrCl/c1-3-12(2,13)9-8-10-6-4-5-7-11(10)14/h4-7H,3,8-9H2,1-2H3. The summed E-state index contributed by atoms with van der Waals surface area (Å²) in [6.45, 7) is 4.42. The quantitative estimate of drug-likeness (QED) is 0.690. The highest BCUT2D eigenvalue weighted by Crippen LogP contribution is 2.28. The van der Waals surface area contributed by atoms with Crippen molar-refractivity contribution in [3.05, 3.63) is 34.9 Å². The molecule has 14 heavy (non-hydrogen) atoms. The predicted octanol–water partition coefficient (Wildman–Crippen LogP) is 4.84. The summed E-state index contributed by atoms with van der Waals surface area (Å²) in [5, 5.41) is 0.881. The van der Waals surface area contributed by atoms with Gasteiger partial charge in [-0.3, -0.25) is 0 Å². The zero-order valence-corrected chi connectivity index (χ0v) is 11.0. The fourth-order valence-corrected chi connectivity index (χ4v) is 1.70. The maximum absolute atomic E-state index is 6.08. The van der Waals surface area contributed by atoms with Gasteiger partial charge in [0.05, 0.1) is 0 Å². The average Bonchev–Trinajstić information content (AvgIpc) is 2.17. The van der Waals surface area contributed by atoms with Gasteiger partial charge in [-0.05, 0) is 37.8 Å². The Balaban J connectivity index is 2.58. The van der Waals surface area contributed by atoms with Crippen LogP contribution in [0.2, 0.25) is 5.02 Å². The lowest BCUT2D eigenvalue weighted by molar-refractivity contribution is 0.581. The van der Waals surface area contributed by atoms with Crippen molar-refractivity contribution in [2.24, 2.45) is 0 Å². The summed E-state index contributed by atoms with van der Waals surface area (Å²) < 4.78 is 0.242. The molecule has 0 amide bonds. The van der Waals surface area contributed by atoms with Crippen LogP contribution in [0, 0.1) is 0 Å². The van der Waals surface area contributed by atoms with Crippen molar-refractivity contribution in [2.75, 3.05) is 0 Å². The number of hydrogen-bond donors (Lipinski definition) is 0. The van der Waals surface area contributed by atoms with Crippen LogP contribution in [0.1, 0.15) is 32.3 Å². The van der Waals surface area contributed by atoms with E-state index in [-0.39, 0.29) is 4.32 Å². The SMILES string of the molecule is CCC(C)(Br)CCc1ccccc1Cl. The lowest BCUT2D eigenvalue weighted by Crippen LogP contribution is -2.14. The van der Waals surface area contributed by atoms with E-state index in [1.54, 1.807) is 0 Å². The highest BCUT2D eigenvalue weighted by molar-refractivity contribution is 9.10. The molecule has 0 aromatic heterocycles. The molecule has 1 aromatic carbocycles. The number of aryl methyl sites for hydroxylation is 1. The molecule has 1 unspecified atom stereocenters. The Morgan fingerprint density at radius 3 is 2.57 bits per heavy atom. The van der Waals surface area contributed by atoms with E-state index in [9.17, 15) is 0 Å². The largest absolute Gasteiger partial charge is 0.0856 e. The van der Waals surface area contributed by atoms with E-state index in [4.69, 9.17) is 11.6 Å². The van der Waals surface area contributed by atoms with Crippen LogP contribution in [0.25, 0.3) is 0 Å². The molecule has 0 saturated carbocycles. The Morgan fingerprint density at radius 1 is 1.36 bits per heavy atom. The molecule has 0 radical (unpaired) electrons. The smallest absolute Gasteiger partial charge is 0.0437 e. The van der Waals surface area contributed by atoms with Crippen molar-refractivity contribution in [1.29, 1.82) is 0 Å². The molecule has 0 bridgehead atoms. The number of rotatable bonds is 4. The van der Waals surface area contributed by atoms with Crippen LogP contribution in [0.5, 0.6) is 0 Å². The van der Waals surface area contributed by atoms with Crippen LogP contribution in [0.3, 0.4) is 0 Å². The van der Waals surface area contributed by atoms with Gasteiger partial charge in [-0.25, -0.2) is 0 Å². The third-order valence-corrected chi connectivity index (χ3v) is 3.94. The molecule has 0 aliphatic heterocycles. The Hall–Kier alpha value is -0.0100. The molecule has 0 heterocycles. The first kappa shape index (κ1) is 12.1. The zero-order chi connectivity index (χ0) is 10.6. The second-order valence-electron chi connectivity index (χ2n) is 3.86.